The zero-order chi connectivity index (χ0) is 12.3. The number of hydrogen-bond acceptors (Lipinski definition) is 2. The minimum Gasteiger partial charge on any atom is -0.490 e. The van der Waals surface area contributed by atoms with E-state index in [1.807, 2.05) is 25.1 Å². The van der Waals surface area contributed by atoms with Crippen molar-refractivity contribution in [1.82, 2.24) is 0 Å². The molecule has 3 nitrogen and oxygen atoms in total. The SMILES string of the molecule is Cc1ccc(C(=N)N)c(OC2CCCCC2)c1. The lowest BCUT2D eigenvalue weighted by atomic mass is 9.97. The smallest absolute Gasteiger partial charge is 0.130 e. The maximum Gasteiger partial charge on any atom is 0.130 e. The van der Waals surface area contributed by atoms with Gasteiger partial charge in [-0.2, -0.15) is 0 Å². The summed E-state index contributed by atoms with van der Waals surface area (Å²) in [5.41, 5.74) is 7.42. The van der Waals surface area contributed by atoms with Gasteiger partial charge in [-0.15, -0.1) is 0 Å². The van der Waals surface area contributed by atoms with Gasteiger partial charge in [-0.25, -0.2) is 0 Å². The first-order valence-electron chi connectivity index (χ1n) is 6.28. The van der Waals surface area contributed by atoms with Crippen molar-refractivity contribution in [3.05, 3.63) is 29.3 Å². The van der Waals surface area contributed by atoms with Gasteiger partial charge in [0.2, 0.25) is 0 Å². The molecule has 2 rings (SSSR count). The van der Waals surface area contributed by atoms with E-state index in [1.54, 1.807) is 0 Å². The number of ether oxygens (including phenoxy) is 1. The molecule has 0 aliphatic heterocycles. The van der Waals surface area contributed by atoms with E-state index in [2.05, 4.69) is 0 Å². The van der Waals surface area contributed by atoms with Gasteiger partial charge >= 0.3 is 0 Å². The summed E-state index contributed by atoms with van der Waals surface area (Å²) in [5, 5.41) is 7.56. The fourth-order valence-electron chi connectivity index (χ4n) is 2.31. The minimum atomic E-state index is 0.0795. The third-order valence-corrected chi connectivity index (χ3v) is 3.27. The molecule has 1 aromatic carbocycles. The highest BCUT2D eigenvalue weighted by molar-refractivity contribution is 5.97. The van der Waals surface area contributed by atoms with Gasteiger partial charge in [0, 0.05) is 0 Å². The fourth-order valence-corrected chi connectivity index (χ4v) is 2.31. The Hall–Kier alpha value is -1.51. The van der Waals surface area contributed by atoms with Crippen molar-refractivity contribution in [2.45, 2.75) is 45.1 Å². The Balaban J connectivity index is 2.17. The predicted octanol–water partition coefficient (Wildman–Crippen LogP) is 2.99. The summed E-state index contributed by atoms with van der Waals surface area (Å²) in [6.45, 7) is 2.03. The zero-order valence-electron chi connectivity index (χ0n) is 10.3. The van der Waals surface area contributed by atoms with Gasteiger partial charge in [-0.1, -0.05) is 12.5 Å². The third-order valence-electron chi connectivity index (χ3n) is 3.27. The number of amidine groups is 1. The summed E-state index contributed by atoms with van der Waals surface area (Å²) in [5.74, 6) is 0.847. The molecule has 0 unspecified atom stereocenters. The molecule has 1 aromatic rings. The molecule has 0 bridgehead atoms. The van der Waals surface area contributed by atoms with Gasteiger partial charge in [0.05, 0.1) is 11.7 Å². The van der Waals surface area contributed by atoms with Crippen LogP contribution >= 0.6 is 0 Å². The van der Waals surface area contributed by atoms with Crippen molar-refractivity contribution in [1.29, 1.82) is 5.41 Å². The lowest BCUT2D eigenvalue weighted by Crippen LogP contribution is -2.22. The van der Waals surface area contributed by atoms with E-state index in [0.717, 1.165) is 24.2 Å². The third kappa shape index (κ3) is 2.99. The molecule has 3 heteroatoms. The van der Waals surface area contributed by atoms with Crippen LogP contribution in [0.1, 0.15) is 43.2 Å². The van der Waals surface area contributed by atoms with E-state index < -0.39 is 0 Å². The van der Waals surface area contributed by atoms with E-state index in [-0.39, 0.29) is 5.84 Å². The molecular weight excluding hydrogens is 212 g/mol. The maximum atomic E-state index is 7.56. The van der Waals surface area contributed by atoms with E-state index in [9.17, 15) is 0 Å². The minimum absolute atomic E-state index is 0.0795. The number of nitrogens with two attached hydrogens (primary N) is 1. The van der Waals surface area contributed by atoms with E-state index in [0.29, 0.717) is 11.7 Å². The second-order valence-corrected chi connectivity index (χ2v) is 4.79. The van der Waals surface area contributed by atoms with Gasteiger partial charge in [-0.05, 0) is 50.3 Å². The number of hydrogen-bond donors (Lipinski definition) is 2. The highest BCUT2D eigenvalue weighted by atomic mass is 16.5. The topological polar surface area (TPSA) is 59.1 Å². The van der Waals surface area contributed by atoms with Gasteiger partial charge in [0.25, 0.3) is 0 Å². The van der Waals surface area contributed by atoms with Crippen LogP contribution in [0, 0.1) is 12.3 Å². The lowest BCUT2D eigenvalue weighted by molar-refractivity contribution is 0.154. The monoisotopic (exact) mass is 232 g/mol. The standard InChI is InChI=1S/C14H20N2O/c1-10-7-8-12(14(15)16)13(9-10)17-11-5-3-2-4-6-11/h7-9,11H,2-6H2,1H3,(H3,15,16). The first kappa shape index (κ1) is 12.0. The van der Waals surface area contributed by atoms with Crippen molar-refractivity contribution in [2.75, 3.05) is 0 Å². The van der Waals surface area contributed by atoms with Crippen molar-refractivity contribution in [2.24, 2.45) is 5.73 Å². The van der Waals surface area contributed by atoms with Gasteiger partial charge in [0.15, 0.2) is 0 Å². The summed E-state index contributed by atoms with van der Waals surface area (Å²) in [6, 6.07) is 5.81. The van der Waals surface area contributed by atoms with Crippen molar-refractivity contribution in [3.8, 4) is 5.75 Å². The molecule has 0 atom stereocenters. The van der Waals surface area contributed by atoms with Crippen LogP contribution in [-0.2, 0) is 0 Å². The average molecular weight is 232 g/mol. The van der Waals surface area contributed by atoms with Crippen LogP contribution in [0.3, 0.4) is 0 Å². The van der Waals surface area contributed by atoms with E-state index >= 15 is 0 Å². The molecule has 1 saturated carbocycles. The molecule has 0 heterocycles. The Morgan fingerprint density at radius 3 is 2.65 bits per heavy atom. The summed E-state index contributed by atoms with van der Waals surface area (Å²) < 4.78 is 6.01. The number of nitrogens with one attached hydrogen (secondary N) is 1. The molecule has 1 aliphatic carbocycles. The van der Waals surface area contributed by atoms with E-state index in [1.165, 1.54) is 19.3 Å². The van der Waals surface area contributed by atoms with Crippen LogP contribution in [0.4, 0.5) is 0 Å². The summed E-state index contributed by atoms with van der Waals surface area (Å²) in [4.78, 5) is 0. The molecule has 0 spiro atoms. The quantitative estimate of drug-likeness (QED) is 0.621. The molecule has 1 aliphatic rings. The number of rotatable bonds is 3. The molecule has 0 radical (unpaired) electrons. The van der Waals surface area contributed by atoms with Crippen LogP contribution in [-0.4, -0.2) is 11.9 Å². The average Bonchev–Trinajstić information content (AvgIpc) is 2.30. The van der Waals surface area contributed by atoms with Gasteiger partial charge in [-0.3, -0.25) is 5.41 Å². The predicted molar refractivity (Wildman–Crippen MR) is 69.7 cm³/mol. The first-order valence-corrected chi connectivity index (χ1v) is 6.28. The van der Waals surface area contributed by atoms with Crippen LogP contribution in [0.5, 0.6) is 5.75 Å². The summed E-state index contributed by atoms with van der Waals surface area (Å²) in [6.07, 6.45) is 6.32. The molecule has 0 amide bonds. The Morgan fingerprint density at radius 1 is 1.29 bits per heavy atom. The van der Waals surface area contributed by atoms with Crippen molar-refractivity contribution in [3.63, 3.8) is 0 Å². The number of benzene rings is 1. The zero-order valence-corrected chi connectivity index (χ0v) is 10.3. The van der Waals surface area contributed by atoms with E-state index in [4.69, 9.17) is 15.9 Å². The second kappa shape index (κ2) is 5.21. The highest BCUT2D eigenvalue weighted by Crippen LogP contribution is 2.26. The number of aryl methyl sites for hydroxylation is 1. The molecule has 1 fully saturated rings. The normalized spacial score (nSPS) is 16.8. The maximum absolute atomic E-state index is 7.56. The van der Waals surface area contributed by atoms with Gasteiger partial charge in [0.1, 0.15) is 11.6 Å². The van der Waals surface area contributed by atoms with Gasteiger partial charge < -0.3 is 10.5 Å². The Kier molecular flexibility index (Phi) is 3.67. The summed E-state index contributed by atoms with van der Waals surface area (Å²) >= 11 is 0. The first-order chi connectivity index (χ1) is 8.16. The summed E-state index contributed by atoms with van der Waals surface area (Å²) in [7, 11) is 0. The molecule has 3 N–H and O–H groups in total. The van der Waals surface area contributed by atoms with Crippen LogP contribution < -0.4 is 10.5 Å². The molecule has 0 aromatic heterocycles. The lowest BCUT2D eigenvalue weighted by Gasteiger charge is -2.24. The molecular formula is C14H20N2O. The largest absolute Gasteiger partial charge is 0.490 e. The van der Waals surface area contributed by atoms with Crippen molar-refractivity contribution >= 4 is 5.84 Å². The highest BCUT2D eigenvalue weighted by Gasteiger charge is 2.17. The Bertz CT molecular complexity index is 409. The molecule has 0 saturated heterocycles. The number of nitrogen functional groups attached to an aromatic ring is 1. The second-order valence-electron chi connectivity index (χ2n) is 4.79. The van der Waals surface area contributed by atoms with Crippen LogP contribution in [0.15, 0.2) is 18.2 Å². The molecule has 17 heavy (non-hydrogen) atoms. The fraction of sp³-hybridized carbons (Fsp3) is 0.500. The molecule has 92 valence electrons. The Labute approximate surface area is 102 Å². The van der Waals surface area contributed by atoms with Crippen LogP contribution in [0.2, 0.25) is 0 Å². The Morgan fingerprint density at radius 2 is 2.00 bits per heavy atom. The van der Waals surface area contributed by atoms with Crippen molar-refractivity contribution < 1.29 is 4.74 Å². The van der Waals surface area contributed by atoms with Crippen LogP contribution in [0.25, 0.3) is 0 Å².